The van der Waals surface area contributed by atoms with Crippen molar-refractivity contribution in [3.05, 3.63) is 16.7 Å². The number of aliphatic carboxylic acids is 2. The molecule has 1 aromatic heterocycles. The Morgan fingerprint density at radius 3 is 2.35 bits per heavy atom. The summed E-state index contributed by atoms with van der Waals surface area (Å²) in [5.74, 6) is -3.41. The fraction of sp³-hybridized carbons (Fsp3) is 0.600. The van der Waals surface area contributed by atoms with Gasteiger partial charge in [-0.3, -0.25) is 0 Å². The van der Waals surface area contributed by atoms with Crippen molar-refractivity contribution < 1.29 is 34.1 Å². The average molecular weight is 460 g/mol. The zero-order valence-electron chi connectivity index (χ0n) is 17.8. The van der Waals surface area contributed by atoms with Gasteiger partial charge in [0, 0.05) is 0 Å². The number of carbonyl (C=O) groups excluding carboxylic acids is 1. The highest BCUT2D eigenvalue weighted by Crippen LogP contribution is 2.26. The van der Waals surface area contributed by atoms with Gasteiger partial charge in [0.15, 0.2) is 0 Å². The number of hydrogen-bond donors (Lipinski definition) is 3. The van der Waals surface area contributed by atoms with Gasteiger partial charge in [0.2, 0.25) is 5.88 Å². The summed E-state index contributed by atoms with van der Waals surface area (Å²) in [5.41, 5.74) is 5.90. The average Bonchev–Trinajstić information content (AvgIpc) is 2.74. The smallest absolute Gasteiger partial charge is 0.414 e. The zero-order valence-corrected chi connectivity index (χ0v) is 18.6. The van der Waals surface area contributed by atoms with Crippen LogP contribution in [-0.4, -0.2) is 70.9 Å². The minimum atomic E-state index is -1.82. The third kappa shape index (κ3) is 9.39. The predicted octanol–water partition coefficient (Wildman–Crippen LogP) is 2.54. The highest BCUT2D eigenvalue weighted by Gasteiger charge is 2.23. The molecule has 31 heavy (non-hydrogen) atoms. The van der Waals surface area contributed by atoms with Crippen LogP contribution in [0.3, 0.4) is 0 Å². The maximum absolute atomic E-state index is 12.4. The van der Waals surface area contributed by atoms with Crippen molar-refractivity contribution in [3.63, 3.8) is 0 Å². The van der Waals surface area contributed by atoms with Crippen LogP contribution in [0.1, 0.15) is 49.9 Å². The standard InChI is InChI=1S/C18H28ClN3O3.C2H2O4/c1-3-5-8-22-9-6-13(7-10-22)12-25-18(23)14-11-15(19)16(20)21-17(14)24-4-2;3-1(4)2(5)6/h11,13H,3-10,12H2,1-2H3,(H2,20,21);(H,3,4)(H,5,6). The summed E-state index contributed by atoms with van der Waals surface area (Å²) in [4.78, 5) is 37.1. The van der Waals surface area contributed by atoms with Gasteiger partial charge >= 0.3 is 17.9 Å². The molecule has 2 heterocycles. The number of halogens is 1. The van der Waals surface area contributed by atoms with Gasteiger partial charge in [0.25, 0.3) is 0 Å². The van der Waals surface area contributed by atoms with Gasteiger partial charge in [-0.25, -0.2) is 14.4 Å². The molecule has 4 N–H and O–H groups in total. The lowest BCUT2D eigenvalue weighted by Gasteiger charge is -2.31. The molecule has 0 bridgehead atoms. The Labute approximate surface area is 186 Å². The van der Waals surface area contributed by atoms with E-state index in [9.17, 15) is 4.79 Å². The Kier molecular flexibility index (Phi) is 11.7. The number of piperidine rings is 1. The van der Waals surface area contributed by atoms with Crippen molar-refractivity contribution in [3.8, 4) is 5.88 Å². The van der Waals surface area contributed by atoms with Crippen molar-refractivity contribution >= 4 is 35.3 Å². The molecule has 0 saturated carbocycles. The number of carboxylic acids is 2. The molecule has 0 atom stereocenters. The second kappa shape index (κ2) is 13.7. The number of hydrogen-bond acceptors (Lipinski definition) is 8. The number of aromatic nitrogens is 1. The van der Waals surface area contributed by atoms with E-state index in [4.69, 9.17) is 46.6 Å². The number of pyridine rings is 1. The molecule has 0 unspecified atom stereocenters. The fourth-order valence-electron chi connectivity index (χ4n) is 2.91. The number of carboxylic acid groups (broad SMARTS) is 2. The molecule has 0 spiro atoms. The maximum atomic E-state index is 12.4. The summed E-state index contributed by atoms with van der Waals surface area (Å²) in [5, 5.41) is 15.0. The molecular formula is C20H30ClN3O7. The number of anilines is 1. The van der Waals surface area contributed by atoms with E-state index in [0.29, 0.717) is 19.1 Å². The van der Waals surface area contributed by atoms with Crippen LogP contribution in [0.4, 0.5) is 5.82 Å². The highest BCUT2D eigenvalue weighted by atomic mass is 35.5. The van der Waals surface area contributed by atoms with E-state index < -0.39 is 17.9 Å². The molecular weight excluding hydrogens is 430 g/mol. The molecule has 2 rings (SSSR count). The van der Waals surface area contributed by atoms with Crippen molar-refractivity contribution in [1.29, 1.82) is 0 Å². The van der Waals surface area contributed by atoms with Gasteiger partial charge < -0.3 is 30.3 Å². The van der Waals surface area contributed by atoms with Crippen LogP contribution in [0, 0.1) is 5.92 Å². The van der Waals surface area contributed by atoms with Crippen LogP contribution in [-0.2, 0) is 14.3 Å². The molecule has 0 aliphatic carbocycles. The second-order valence-corrected chi connectivity index (χ2v) is 7.40. The van der Waals surface area contributed by atoms with E-state index in [1.807, 2.05) is 6.92 Å². The summed E-state index contributed by atoms with van der Waals surface area (Å²) in [7, 11) is 0. The predicted molar refractivity (Wildman–Crippen MR) is 114 cm³/mol. The van der Waals surface area contributed by atoms with Crippen LogP contribution in [0.15, 0.2) is 6.07 Å². The van der Waals surface area contributed by atoms with Crippen LogP contribution in [0.2, 0.25) is 5.02 Å². The van der Waals surface area contributed by atoms with E-state index in [2.05, 4.69) is 16.8 Å². The van der Waals surface area contributed by atoms with Gasteiger partial charge in [-0.1, -0.05) is 24.9 Å². The first-order valence-electron chi connectivity index (χ1n) is 10.1. The number of likely N-dealkylation sites (tertiary alicyclic amines) is 1. The lowest BCUT2D eigenvalue weighted by Crippen LogP contribution is -2.36. The van der Waals surface area contributed by atoms with Crippen molar-refractivity contribution in [1.82, 2.24) is 9.88 Å². The Morgan fingerprint density at radius 1 is 1.23 bits per heavy atom. The molecule has 1 aliphatic heterocycles. The molecule has 11 heteroatoms. The third-order valence-electron chi connectivity index (χ3n) is 4.64. The lowest BCUT2D eigenvalue weighted by atomic mass is 9.97. The third-order valence-corrected chi connectivity index (χ3v) is 4.94. The summed E-state index contributed by atoms with van der Waals surface area (Å²) >= 11 is 5.98. The normalized spacial score (nSPS) is 14.3. The van der Waals surface area contributed by atoms with E-state index in [1.54, 1.807) is 0 Å². The number of carbonyl (C=O) groups is 3. The summed E-state index contributed by atoms with van der Waals surface area (Å²) in [6.45, 7) is 8.12. The number of esters is 1. The first-order chi connectivity index (χ1) is 14.7. The Hall–Kier alpha value is -2.59. The minimum absolute atomic E-state index is 0.140. The molecule has 0 aromatic carbocycles. The van der Waals surface area contributed by atoms with Crippen LogP contribution < -0.4 is 10.5 Å². The first kappa shape index (κ1) is 26.4. The maximum Gasteiger partial charge on any atom is 0.414 e. The molecule has 174 valence electrons. The molecule has 0 amide bonds. The Morgan fingerprint density at radius 2 is 1.84 bits per heavy atom. The molecule has 10 nitrogen and oxygen atoms in total. The largest absolute Gasteiger partial charge is 0.477 e. The van der Waals surface area contributed by atoms with E-state index >= 15 is 0 Å². The Balaban J connectivity index is 0.000000703. The van der Waals surface area contributed by atoms with Crippen LogP contribution in [0.25, 0.3) is 0 Å². The molecule has 1 aromatic rings. The van der Waals surface area contributed by atoms with Crippen LogP contribution in [0.5, 0.6) is 5.88 Å². The van der Waals surface area contributed by atoms with Crippen molar-refractivity contribution in [2.45, 2.75) is 39.5 Å². The zero-order chi connectivity index (χ0) is 23.4. The van der Waals surface area contributed by atoms with E-state index in [0.717, 1.165) is 32.5 Å². The van der Waals surface area contributed by atoms with Crippen LogP contribution >= 0.6 is 11.6 Å². The Bertz CT molecular complexity index is 741. The quantitative estimate of drug-likeness (QED) is 0.390. The van der Waals surface area contributed by atoms with E-state index in [1.165, 1.54) is 18.9 Å². The van der Waals surface area contributed by atoms with Gasteiger partial charge in [-0.05, 0) is 57.8 Å². The van der Waals surface area contributed by atoms with Gasteiger partial charge in [0.05, 0.1) is 18.2 Å². The molecule has 1 saturated heterocycles. The van der Waals surface area contributed by atoms with Crippen molar-refractivity contribution in [2.24, 2.45) is 5.92 Å². The number of nitrogens with two attached hydrogens (primary N) is 1. The highest BCUT2D eigenvalue weighted by molar-refractivity contribution is 6.33. The molecule has 1 fully saturated rings. The number of nitrogen functional groups attached to an aromatic ring is 1. The second-order valence-electron chi connectivity index (χ2n) is 6.99. The van der Waals surface area contributed by atoms with Gasteiger partial charge in [-0.15, -0.1) is 0 Å². The molecule has 1 aliphatic rings. The number of ether oxygens (including phenoxy) is 2. The van der Waals surface area contributed by atoms with E-state index in [-0.39, 0.29) is 22.3 Å². The monoisotopic (exact) mass is 459 g/mol. The topological polar surface area (TPSA) is 152 Å². The SMILES string of the molecule is CCCCN1CCC(COC(=O)c2cc(Cl)c(N)nc2OCC)CC1.O=C(O)C(=O)O. The van der Waals surface area contributed by atoms with Gasteiger partial charge in [-0.2, -0.15) is 4.98 Å². The fourth-order valence-corrected chi connectivity index (χ4v) is 3.06. The number of nitrogens with zero attached hydrogens (tertiary/aromatic N) is 2. The first-order valence-corrected chi connectivity index (χ1v) is 10.5. The number of rotatable bonds is 8. The lowest BCUT2D eigenvalue weighted by molar-refractivity contribution is -0.159. The number of unbranched alkanes of at least 4 members (excludes halogenated alkanes) is 1. The van der Waals surface area contributed by atoms with Gasteiger partial charge in [0.1, 0.15) is 11.4 Å². The molecule has 0 radical (unpaired) electrons. The minimum Gasteiger partial charge on any atom is -0.477 e. The van der Waals surface area contributed by atoms with Crippen molar-refractivity contribution in [2.75, 3.05) is 38.6 Å². The summed E-state index contributed by atoms with van der Waals surface area (Å²) in [6.07, 6.45) is 4.56. The summed E-state index contributed by atoms with van der Waals surface area (Å²) < 4.78 is 10.9. The summed E-state index contributed by atoms with van der Waals surface area (Å²) in [6, 6.07) is 1.46.